The van der Waals surface area contributed by atoms with E-state index in [1.165, 1.54) is 5.40 Å². The van der Waals surface area contributed by atoms with Crippen molar-refractivity contribution >= 4 is 12.6 Å². The lowest BCUT2D eigenvalue weighted by atomic mass is 10.3. The largest absolute Gasteiger partial charge is 0.696 e. The molecule has 0 spiro atoms. The van der Waals surface area contributed by atoms with Crippen LogP contribution in [0.25, 0.3) is 0 Å². The van der Waals surface area contributed by atoms with Crippen molar-refractivity contribution in [2.75, 3.05) is 6.61 Å². The second-order valence-corrected chi connectivity index (χ2v) is 1.95. The van der Waals surface area contributed by atoms with Gasteiger partial charge in [0.1, 0.15) is 0 Å². The van der Waals surface area contributed by atoms with E-state index in [2.05, 4.69) is 26.5 Å². The Bertz CT molecular complexity index is 90.1. The van der Waals surface area contributed by atoms with Crippen molar-refractivity contribution in [2.45, 2.75) is 33.3 Å². The van der Waals surface area contributed by atoms with Crippen LogP contribution >= 0.6 is 0 Å². The maximum absolute atomic E-state index is 7.13. The van der Waals surface area contributed by atoms with Gasteiger partial charge < -0.3 is 17.4 Å². The van der Waals surface area contributed by atoms with Crippen LogP contribution in [0.1, 0.15) is 27.2 Å². The molecule has 0 aliphatic rings. The zero-order valence-corrected chi connectivity index (χ0v) is 7.57. The van der Waals surface area contributed by atoms with E-state index in [-0.39, 0.29) is 0 Å². The predicted octanol–water partition coefficient (Wildman–Crippen LogP) is 1.84. The first-order valence-corrected chi connectivity index (χ1v) is 3.76. The Morgan fingerprint density at radius 3 is 2.10 bits per heavy atom. The van der Waals surface area contributed by atoms with Gasteiger partial charge in [0, 0.05) is 6.61 Å². The molecule has 0 N–H and O–H groups in total. The monoisotopic (exact) mass is 160 g/mol. The Kier molecular flexibility index (Phi) is 14.2. The average molecular weight is 160 g/mol. The molecule has 1 unspecified atom stereocenters. The van der Waals surface area contributed by atoms with Crippen molar-refractivity contribution < 1.29 is 4.74 Å². The second kappa shape index (κ2) is 11.5. The first kappa shape index (κ1) is 12.4. The van der Waals surface area contributed by atoms with Crippen LogP contribution in [0.4, 0.5) is 0 Å². The van der Waals surface area contributed by atoms with E-state index in [4.69, 9.17) is 10.00 Å². The summed E-state index contributed by atoms with van der Waals surface area (Å²) >= 11 is 3.70. The van der Waals surface area contributed by atoms with Crippen molar-refractivity contribution in [1.29, 1.82) is 5.26 Å². The van der Waals surface area contributed by atoms with Crippen LogP contribution in [0.2, 0.25) is 0 Å². The molecule has 0 bridgehead atoms. The number of hydrogen-bond donors (Lipinski definition) is 0. The molecule has 0 saturated heterocycles. The lowest BCUT2D eigenvalue weighted by Crippen LogP contribution is -2.04. The lowest BCUT2D eigenvalue weighted by molar-refractivity contribution is 0.0739. The normalized spacial score (nSPS) is 10.6. The Labute approximate surface area is 68.6 Å². The van der Waals surface area contributed by atoms with E-state index in [0.29, 0.717) is 6.10 Å². The van der Waals surface area contributed by atoms with Crippen LogP contribution in [-0.4, -0.2) is 12.7 Å². The summed E-state index contributed by atoms with van der Waals surface area (Å²) in [4.78, 5) is 0. The van der Waals surface area contributed by atoms with Crippen molar-refractivity contribution in [1.82, 2.24) is 0 Å². The van der Waals surface area contributed by atoms with Crippen LogP contribution in [-0.2, 0) is 17.4 Å². The summed E-state index contributed by atoms with van der Waals surface area (Å²) in [7, 11) is 0. The summed E-state index contributed by atoms with van der Waals surface area (Å²) < 4.78 is 5.19. The van der Waals surface area contributed by atoms with Crippen molar-refractivity contribution in [3.05, 3.63) is 0 Å². The summed E-state index contributed by atoms with van der Waals surface area (Å²) in [6, 6.07) is 0. The quantitative estimate of drug-likeness (QED) is 0.466. The fourth-order valence-electron chi connectivity index (χ4n) is 0.402. The van der Waals surface area contributed by atoms with Gasteiger partial charge >= 0.3 is 0 Å². The highest BCUT2D eigenvalue weighted by Crippen LogP contribution is 1.92. The molecule has 0 amide bonds. The third-order valence-corrected chi connectivity index (χ3v) is 1.03. The topological polar surface area (TPSA) is 33.0 Å². The Morgan fingerprint density at radius 1 is 1.60 bits per heavy atom. The van der Waals surface area contributed by atoms with Crippen molar-refractivity contribution in [3.63, 3.8) is 0 Å². The first-order chi connectivity index (χ1) is 4.72. The molecule has 0 heterocycles. The summed E-state index contributed by atoms with van der Waals surface area (Å²) in [6.07, 6.45) is 1.57. The molecule has 2 nitrogen and oxygen atoms in total. The van der Waals surface area contributed by atoms with Crippen LogP contribution in [0, 0.1) is 10.7 Å². The fourth-order valence-corrected chi connectivity index (χ4v) is 0.402. The van der Waals surface area contributed by atoms with Crippen LogP contribution in [0.15, 0.2) is 0 Å². The molecule has 0 aromatic carbocycles. The lowest BCUT2D eigenvalue weighted by Gasteiger charge is -2.05. The van der Waals surface area contributed by atoms with Gasteiger partial charge in [-0.3, -0.25) is 0 Å². The number of rotatable bonds is 3. The van der Waals surface area contributed by atoms with Crippen molar-refractivity contribution in [3.8, 4) is 5.40 Å². The molecule has 0 aromatic heterocycles. The van der Waals surface area contributed by atoms with Crippen LogP contribution in [0.3, 0.4) is 0 Å². The molecule has 0 aliphatic heterocycles. The highest BCUT2D eigenvalue weighted by Gasteiger charge is 1.91. The molecule has 0 rings (SSSR count). The van der Waals surface area contributed by atoms with Gasteiger partial charge in [0.05, 0.1) is 6.10 Å². The molecule has 60 valence electrons. The minimum Gasteiger partial charge on any atom is -0.696 e. The van der Waals surface area contributed by atoms with E-state index in [1.807, 2.05) is 6.92 Å². The van der Waals surface area contributed by atoms with E-state index in [9.17, 15) is 0 Å². The standard InChI is InChI=1S/C6H14O.CHNS/c1-4-6(3)7-5-2;2-1-3/h6H,4-5H2,1-3H3;3H/p-1. The van der Waals surface area contributed by atoms with Gasteiger partial charge in [-0.1, -0.05) is 12.3 Å². The Balaban J connectivity index is 0. The third kappa shape index (κ3) is 15.6. The van der Waals surface area contributed by atoms with Crippen LogP contribution < -0.4 is 0 Å². The highest BCUT2D eigenvalue weighted by molar-refractivity contribution is 7.64. The minimum atomic E-state index is 0.449. The number of thiocyanates is 1. The zero-order valence-electron chi connectivity index (χ0n) is 6.76. The number of hydrogen-bond acceptors (Lipinski definition) is 3. The van der Waals surface area contributed by atoms with E-state index < -0.39 is 0 Å². The SMILES string of the molecule is CCOC(C)CC.N#C[S-]. The van der Waals surface area contributed by atoms with Gasteiger partial charge in [-0.05, 0) is 20.3 Å². The van der Waals surface area contributed by atoms with Gasteiger partial charge in [0.2, 0.25) is 0 Å². The van der Waals surface area contributed by atoms with E-state index >= 15 is 0 Å². The van der Waals surface area contributed by atoms with Gasteiger partial charge in [-0.2, -0.15) is 0 Å². The molecule has 10 heavy (non-hydrogen) atoms. The smallest absolute Gasteiger partial charge is 0.0544 e. The molecule has 0 saturated carbocycles. The number of nitrogens with zero attached hydrogens (tertiary/aromatic N) is 1. The minimum absolute atomic E-state index is 0.449. The van der Waals surface area contributed by atoms with Gasteiger partial charge in [0.25, 0.3) is 0 Å². The Hall–Kier alpha value is -0.330. The van der Waals surface area contributed by atoms with Crippen LogP contribution in [0.5, 0.6) is 0 Å². The molecule has 0 radical (unpaired) electrons. The maximum atomic E-state index is 7.13. The Morgan fingerprint density at radius 2 is 2.00 bits per heavy atom. The number of ether oxygens (including phenoxy) is 1. The zero-order chi connectivity index (χ0) is 8.41. The summed E-state index contributed by atoms with van der Waals surface area (Å²) in [5.41, 5.74) is 0. The summed E-state index contributed by atoms with van der Waals surface area (Å²) in [5.74, 6) is 0. The van der Waals surface area contributed by atoms with E-state index in [1.54, 1.807) is 0 Å². The number of nitriles is 1. The average Bonchev–Trinajstić information content (AvgIpc) is 1.90. The molecule has 0 aromatic rings. The van der Waals surface area contributed by atoms with Gasteiger partial charge in [-0.15, -0.1) is 0 Å². The molecule has 1 atom stereocenters. The molecular formula is C7H14NOS-. The third-order valence-electron chi connectivity index (χ3n) is 1.03. The second-order valence-electron chi connectivity index (χ2n) is 1.77. The van der Waals surface area contributed by atoms with Gasteiger partial charge in [-0.25, -0.2) is 5.26 Å². The molecular weight excluding hydrogens is 146 g/mol. The molecule has 0 fully saturated rings. The highest BCUT2D eigenvalue weighted by atomic mass is 32.1. The van der Waals surface area contributed by atoms with E-state index in [0.717, 1.165) is 13.0 Å². The summed E-state index contributed by atoms with van der Waals surface area (Å²) in [6.45, 7) is 7.07. The van der Waals surface area contributed by atoms with Gasteiger partial charge in [0.15, 0.2) is 0 Å². The maximum Gasteiger partial charge on any atom is 0.0544 e. The fraction of sp³-hybridized carbons (Fsp3) is 0.857. The first-order valence-electron chi connectivity index (χ1n) is 3.35. The van der Waals surface area contributed by atoms with Crippen molar-refractivity contribution in [2.24, 2.45) is 0 Å². The molecule has 3 heteroatoms. The summed E-state index contributed by atoms with van der Waals surface area (Å²) in [5, 5.41) is 8.47. The molecule has 0 aliphatic carbocycles. The predicted molar refractivity (Wildman–Crippen MR) is 44.4 cm³/mol.